The fraction of sp³-hybridized carbons (Fsp3) is 0.667. The van der Waals surface area contributed by atoms with Crippen molar-refractivity contribution in [3.05, 3.63) is 0 Å². The van der Waals surface area contributed by atoms with Crippen LogP contribution in [0.3, 0.4) is 0 Å². The molecule has 2 amide bonds. The first-order valence-electron chi connectivity index (χ1n) is 4.75. The third-order valence-corrected chi connectivity index (χ3v) is 2.44. The Morgan fingerprint density at radius 3 is 2.80 bits per heavy atom. The lowest BCUT2D eigenvalue weighted by Crippen LogP contribution is -2.58. The zero-order valence-corrected chi connectivity index (χ0v) is 8.69. The second kappa shape index (κ2) is 4.29. The molecule has 0 bridgehead atoms. The molecule has 84 valence electrons. The Morgan fingerprint density at radius 2 is 2.27 bits per heavy atom. The van der Waals surface area contributed by atoms with Crippen LogP contribution in [0.4, 0.5) is 0 Å². The second-order valence-corrected chi connectivity index (χ2v) is 3.76. The Kier molecular flexibility index (Phi) is 3.28. The predicted molar refractivity (Wildman–Crippen MR) is 51.0 cm³/mol. The van der Waals surface area contributed by atoms with E-state index in [-0.39, 0.29) is 12.6 Å². The van der Waals surface area contributed by atoms with E-state index in [1.807, 2.05) is 0 Å². The molecule has 2 N–H and O–H groups in total. The van der Waals surface area contributed by atoms with Crippen LogP contribution in [0.5, 0.6) is 0 Å². The van der Waals surface area contributed by atoms with Crippen molar-refractivity contribution in [1.82, 2.24) is 10.2 Å². The van der Waals surface area contributed by atoms with E-state index in [9.17, 15) is 14.4 Å². The molecule has 0 aliphatic carbocycles. The summed E-state index contributed by atoms with van der Waals surface area (Å²) >= 11 is 0. The largest absolute Gasteiger partial charge is 0.481 e. The van der Waals surface area contributed by atoms with Crippen LogP contribution in [-0.2, 0) is 14.4 Å². The molecule has 1 saturated heterocycles. The summed E-state index contributed by atoms with van der Waals surface area (Å²) in [6, 6.07) is -0.156. The lowest BCUT2D eigenvalue weighted by molar-refractivity contribution is -0.152. The van der Waals surface area contributed by atoms with E-state index in [1.165, 1.54) is 11.8 Å². The highest BCUT2D eigenvalue weighted by Crippen LogP contribution is 2.08. The summed E-state index contributed by atoms with van der Waals surface area (Å²) in [6.07, 6.45) is 0. The first kappa shape index (κ1) is 11.5. The fourth-order valence-electron chi connectivity index (χ4n) is 1.39. The number of nitrogens with zero attached hydrogens (tertiary/aromatic N) is 1. The number of carboxylic acid groups (broad SMARTS) is 1. The summed E-state index contributed by atoms with van der Waals surface area (Å²) in [5.41, 5.74) is 0. The first-order valence-corrected chi connectivity index (χ1v) is 4.75. The highest BCUT2D eigenvalue weighted by Gasteiger charge is 2.33. The maximum atomic E-state index is 11.4. The molecule has 2 unspecified atom stereocenters. The number of rotatable bonds is 3. The van der Waals surface area contributed by atoms with Gasteiger partial charge in [-0.15, -0.1) is 0 Å². The zero-order valence-electron chi connectivity index (χ0n) is 8.69. The summed E-state index contributed by atoms with van der Waals surface area (Å²) in [5.74, 6) is -2.95. The Balaban J connectivity index is 2.69. The van der Waals surface area contributed by atoms with Gasteiger partial charge < -0.3 is 15.3 Å². The molecular formula is C9H14N2O4. The van der Waals surface area contributed by atoms with Crippen molar-refractivity contribution >= 4 is 17.8 Å². The van der Waals surface area contributed by atoms with E-state index in [0.717, 1.165) is 0 Å². The van der Waals surface area contributed by atoms with Crippen LogP contribution in [0.1, 0.15) is 13.8 Å². The molecule has 6 nitrogen and oxygen atoms in total. The molecule has 0 aromatic heterocycles. The standard InChI is InChI=1S/C9H14N2O4/c1-5(9(14)15)4-11-6(2)3-10-7(12)8(11)13/h5-6H,3-4H2,1-2H3,(H,10,12)(H,14,15). The summed E-state index contributed by atoms with van der Waals surface area (Å²) in [7, 11) is 0. The second-order valence-electron chi connectivity index (χ2n) is 3.76. The Hall–Kier alpha value is -1.59. The van der Waals surface area contributed by atoms with Crippen molar-refractivity contribution in [1.29, 1.82) is 0 Å². The predicted octanol–water partition coefficient (Wildman–Crippen LogP) is -0.946. The lowest BCUT2D eigenvalue weighted by atomic mass is 10.1. The fourth-order valence-corrected chi connectivity index (χ4v) is 1.39. The van der Waals surface area contributed by atoms with Crippen LogP contribution >= 0.6 is 0 Å². The van der Waals surface area contributed by atoms with E-state index >= 15 is 0 Å². The molecule has 1 heterocycles. The molecule has 0 aromatic rings. The van der Waals surface area contributed by atoms with E-state index in [2.05, 4.69) is 5.32 Å². The topological polar surface area (TPSA) is 86.7 Å². The summed E-state index contributed by atoms with van der Waals surface area (Å²) in [6.45, 7) is 3.72. The monoisotopic (exact) mass is 214 g/mol. The zero-order chi connectivity index (χ0) is 11.6. The van der Waals surface area contributed by atoms with Gasteiger partial charge in [0.1, 0.15) is 0 Å². The van der Waals surface area contributed by atoms with Gasteiger partial charge >= 0.3 is 17.8 Å². The molecule has 2 atom stereocenters. The Labute approximate surface area is 87.2 Å². The quantitative estimate of drug-likeness (QED) is 0.593. The van der Waals surface area contributed by atoms with E-state index in [4.69, 9.17) is 5.11 Å². The molecule has 1 aliphatic heterocycles. The van der Waals surface area contributed by atoms with E-state index in [0.29, 0.717) is 6.54 Å². The Morgan fingerprint density at radius 1 is 1.67 bits per heavy atom. The third-order valence-electron chi connectivity index (χ3n) is 2.44. The number of nitrogens with one attached hydrogen (secondary N) is 1. The van der Waals surface area contributed by atoms with Gasteiger partial charge in [-0.2, -0.15) is 0 Å². The van der Waals surface area contributed by atoms with Crippen LogP contribution in [-0.4, -0.2) is 46.9 Å². The number of carbonyl (C=O) groups is 3. The van der Waals surface area contributed by atoms with Crippen LogP contribution in [0.15, 0.2) is 0 Å². The van der Waals surface area contributed by atoms with Crippen LogP contribution in [0.2, 0.25) is 0 Å². The number of aliphatic carboxylic acids is 1. The average Bonchev–Trinajstić information content (AvgIpc) is 2.18. The minimum atomic E-state index is -0.971. The summed E-state index contributed by atoms with van der Waals surface area (Å²) < 4.78 is 0. The van der Waals surface area contributed by atoms with Crippen LogP contribution in [0.25, 0.3) is 0 Å². The molecule has 0 radical (unpaired) electrons. The van der Waals surface area contributed by atoms with Gasteiger partial charge in [-0.1, -0.05) is 6.92 Å². The third kappa shape index (κ3) is 2.45. The number of hydrogen-bond acceptors (Lipinski definition) is 3. The minimum Gasteiger partial charge on any atom is -0.481 e. The van der Waals surface area contributed by atoms with Gasteiger partial charge in [0.2, 0.25) is 0 Å². The van der Waals surface area contributed by atoms with Gasteiger partial charge in [0, 0.05) is 19.1 Å². The molecule has 0 saturated carbocycles. The van der Waals surface area contributed by atoms with E-state index in [1.54, 1.807) is 6.92 Å². The number of carbonyl (C=O) groups excluding carboxylic acids is 2. The van der Waals surface area contributed by atoms with Gasteiger partial charge in [0.15, 0.2) is 0 Å². The van der Waals surface area contributed by atoms with Crippen molar-refractivity contribution in [2.75, 3.05) is 13.1 Å². The van der Waals surface area contributed by atoms with Crippen molar-refractivity contribution in [2.24, 2.45) is 5.92 Å². The molecule has 1 aliphatic rings. The van der Waals surface area contributed by atoms with Crippen molar-refractivity contribution in [3.8, 4) is 0 Å². The molecule has 0 spiro atoms. The number of hydrogen-bond donors (Lipinski definition) is 2. The lowest BCUT2D eigenvalue weighted by Gasteiger charge is -2.33. The molecule has 0 aromatic carbocycles. The summed E-state index contributed by atoms with van der Waals surface area (Å²) in [5, 5.41) is 11.1. The smallest absolute Gasteiger partial charge is 0.312 e. The minimum absolute atomic E-state index is 0.0722. The van der Waals surface area contributed by atoms with Gasteiger partial charge in [-0.05, 0) is 6.92 Å². The maximum absolute atomic E-state index is 11.4. The maximum Gasteiger partial charge on any atom is 0.312 e. The molecule has 15 heavy (non-hydrogen) atoms. The summed E-state index contributed by atoms with van der Waals surface area (Å²) in [4.78, 5) is 34.4. The SMILES string of the molecule is CC(CN1C(=O)C(=O)NCC1C)C(=O)O. The first-order chi connectivity index (χ1) is 6.93. The molecule has 6 heteroatoms. The highest BCUT2D eigenvalue weighted by molar-refractivity contribution is 6.35. The molecule has 1 rings (SSSR count). The number of piperazine rings is 1. The van der Waals surface area contributed by atoms with Crippen molar-refractivity contribution in [2.45, 2.75) is 19.9 Å². The Bertz CT molecular complexity index is 302. The number of amides is 2. The van der Waals surface area contributed by atoms with E-state index < -0.39 is 23.7 Å². The van der Waals surface area contributed by atoms with Gasteiger partial charge in [-0.25, -0.2) is 0 Å². The molecular weight excluding hydrogens is 200 g/mol. The van der Waals surface area contributed by atoms with Crippen LogP contribution in [0, 0.1) is 5.92 Å². The van der Waals surface area contributed by atoms with Crippen molar-refractivity contribution < 1.29 is 19.5 Å². The van der Waals surface area contributed by atoms with Crippen molar-refractivity contribution in [3.63, 3.8) is 0 Å². The van der Waals surface area contributed by atoms with Gasteiger partial charge in [0.05, 0.1) is 5.92 Å². The van der Waals surface area contributed by atoms with Crippen LogP contribution < -0.4 is 5.32 Å². The molecule has 1 fully saturated rings. The van der Waals surface area contributed by atoms with Gasteiger partial charge in [0.25, 0.3) is 0 Å². The highest BCUT2D eigenvalue weighted by atomic mass is 16.4. The average molecular weight is 214 g/mol. The normalized spacial score (nSPS) is 23.6. The number of carboxylic acids is 1. The van der Waals surface area contributed by atoms with Gasteiger partial charge in [-0.3, -0.25) is 14.4 Å².